The van der Waals surface area contributed by atoms with Gasteiger partial charge >= 0.3 is 12.7 Å². The Morgan fingerprint density at radius 3 is 1.11 bits per heavy atom. The summed E-state index contributed by atoms with van der Waals surface area (Å²) in [5.41, 5.74) is 25.1. The summed E-state index contributed by atoms with van der Waals surface area (Å²) >= 11 is 12.9. The van der Waals surface area contributed by atoms with Crippen LogP contribution in [-0.4, -0.2) is 144 Å². The summed E-state index contributed by atoms with van der Waals surface area (Å²) in [6, 6.07) is 87.2. The third kappa shape index (κ3) is 29.1. The number of aromatic nitrogens is 2. The average molecular weight is 2070 g/mol. The molecule has 8 heterocycles. The largest absolute Gasteiger partial charge is 0.573 e. The molecule has 0 unspecified atom stereocenters. The Labute approximate surface area is 840 Å². The van der Waals surface area contributed by atoms with Crippen molar-refractivity contribution in [1.29, 1.82) is 0 Å². The molecule has 0 saturated carbocycles. The standard InChI is InChI=1S/C31H31ClF3N3O2.C28H28N2O2.C20H23F3N2O.C16H12BrNO2.C8H9BrO.C8H5NO2.C2H6/c1-2-27-30(28-20-24(32)16-19-38(28)36-27)29(39)5-3-4-21-6-10-25(11-7-21)37-17-14-23(15-18-37)22-8-12-26(13-9-22)40-31(33,34)35;1-20-6-10-22(11-7-20)23-15-17-29(18-16-23)24-12-8-21(9-13-24)14-19-30-27(31)25-4-2-3-5-26(25)28(30)32;21-20(22,23)26-19-7-3-16(4-8-19)17-10-13-25(14-11-17)18-5-1-15(2-6-18)9-12-24;17-12-7-5-11(6-8-12)9-10-18-15(19)13-3-1-2-4-14(13)16(18)20;9-8-3-1-7(2-4-8)5-6-10;10-7-5-3-1-2-4-6(5)8(11)9-7;1-2/h6-13,16,19-20,23H,2-5,14-15,17-18H2,1H3;2-13,23H,14-19H2,1H3;1-8,17H,9-14,24H2;1-8H,9-10H2;1-4,10H,5-6H2;1-4H,(H,9,10,11);1-2H3. The third-order valence-electron chi connectivity index (χ3n) is 25.6. The van der Waals surface area contributed by atoms with Crippen LogP contribution in [0.5, 0.6) is 11.5 Å². The van der Waals surface area contributed by atoms with E-state index < -0.39 is 12.7 Å². The van der Waals surface area contributed by atoms with Crippen molar-refractivity contribution in [2.45, 2.75) is 148 Å². The molecule has 0 radical (unpaired) electrons. The van der Waals surface area contributed by atoms with Crippen molar-refractivity contribution in [3.63, 3.8) is 0 Å². The second-order valence-electron chi connectivity index (χ2n) is 34.8. The van der Waals surface area contributed by atoms with E-state index in [-0.39, 0.29) is 59.3 Å². The van der Waals surface area contributed by atoms with Crippen LogP contribution in [0.2, 0.25) is 5.02 Å². The van der Waals surface area contributed by atoms with Gasteiger partial charge in [0.1, 0.15) is 11.5 Å². The lowest BCUT2D eigenvalue weighted by atomic mass is 9.89. The van der Waals surface area contributed by atoms with E-state index in [2.05, 4.69) is 170 Å². The molecule has 13 aromatic rings. The van der Waals surface area contributed by atoms with E-state index in [1.807, 2.05) is 69.3 Å². The summed E-state index contributed by atoms with van der Waals surface area (Å²) < 4.78 is 85.7. The first-order chi connectivity index (χ1) is 68.0. The van der Waals surface area contributed by atoms with Gasteiger partial charge in [0, 0.05) is 103 Å². The topological polar surface area (TPSA) is 230 Å². The van der Waals surface area contributed by atoms with Gasteiger partial charge < -0.3 is 35.0 Å². The summed E-state index contributed by atoms with van der Waals surface area (Å²) in [6.07, 6.45) is 4.26. The lowest BCUT2D eigenvalue weighted by Crippen LogP contribution is -2.33. The number of aliphatic hydroxyl groups is 1. The number of imide groups is 3. The molecule has 3 saturated heterocycles. The number of nitrogens with zero attached hydrogens (tertiary/aromatic N) is 7. The van der Waals surface area contributed by atoms with E-state index in [1.54, 1.807) is 120 Å². The Morgan fingerprint density at radius 2 is 0.773 bits per heavy atom. The molecule has 19 nitrogen and oxygen atoms in total. The second kappa shape index (κ2) is 50.4. The number of carbonyl (C=O) groups is 7. The minimum absolute atomic E-state index is 0.0936. The molecule has 3 fully saturated rings. The maximum atomic E-state index is 13.1. The first-order valence-electron chi connectivity index (χ1n) is 47.7. The van der Waals surface area contributed by atoms with Crippen LogP contribution in [0, 0.1) is 6.92 Å². The van der Waals surface area contributed by atoms with Crippen molar-refractivity contribution < 1.29 is 74.5 Å². The lowest BCUT2D eigenvalue weighted by molar-refractivity contribution is -0.275. The molecule has 11 aromatic carbocycles. The van der Waals surface area contributed by atoms with Gasteiger partial charge in [-0.15, -0.1) is 26.3 Å². The SMILES string of the molecule is CC.CCc1nn2ccc(Cl)cc2c1C(=O)CCCc1ccc(N2CCC(c3ccc(OC(F)(F)F)cc3)CC2)cc1.Cc1ccc(C2CCN(c3ccc(CCN4C(=O)c5ccccc5C4=O)cc3)CC2)cc1.NCCc1ccc(N2CCC(c3ccc(OC(F)(F)F)cc3)CC2)cc1.O=C1NC(=O)c2ccccc21.O=C1c2ccccc2C(=O)N1CCc1ccc(Br)cc1.OCCc1ccc(Br)cc1. The number of aryl methyl sites for hydroxylation is 3. The van der Waals surface area contributed by atoms with E-state index in [1.165, 1.54) is 86.1 Å². The number of nitrogens with one attached hydrogen (secondary N) is 1. The van der Waals surface area contributed by atoms with Crippen molar-refractivity contribution in [2.75, 3.05) is 80.2 Å². The number of halogens is 9. The number of nitrogens with two attached hydrogens (primary N) is 1. The molecule has 0 bridgehead atoms. The molecule has 28 heteroatoms. The number of anilines is 3. The Morgan fingerprint density at radius 1 is 0.447 bits per heavy atom. The van der Waals surface area contributed by atoms with Gasteiger partial charge in [0.25, 0.3) is 35.4 Å². The highest BCUT2D eigenvalue weighted by atomic mass is 79.9. The number of hydrogen-bond acceptors (Lipinski definition) is 15. The van der Waals surface area contributed by atoms with Gasteiger partial charge in [-0.1, -0.05) is 215 Å². The van der Waals surface area contributed by atoms with Gasteiger partial charge in [-0.05, 0) is 293 Å². The predicted octanol–water partition coefficient (Wildman–Crippen LogP) is 24.6. The highest BCUT2D eigenvalue weighted by Gasteiger charge is 2.38. The molecule has 0 atom stereocenters. The Hall–Kier alpha value is -13.1. The van der Waals surface area contributed by atoms with Gasteiger partial charge in [0.05, 0.1) is 50.2 Å². The van der Waals surface area contributed by atoms with E-state index in [9.17, 15) is 59.9 Å². The summed E-state index contributed by atoms with van der Waals surface area (Å²) in [6.45, 7) is 15.6. The molecule has 6 aliphatic heterocycles. The summed E-state index contributed by atoms with van der Waals surface area (Å²) in [5.74, 6) is -0.297. The number of ketones is 1. The first-order valence-corrected chi connectivity index (χ1v) is 49.6. The van der Waals surface area contributed by atoms with E-state index in [4.69, 9.17) is 22.4 Å². The zero-order valence-electron chi connectivity index (χ0n) is 79.1. The number of ether oxygens (including phenoxy) is 2. The number of pyridine rings is 1. The zero-order chi connectivity index (χ0) is 100. The first kappa shape index (κ1) is 105. The summed E-state index contributed by atoms with van der Waals surface area (Å²) in [5, 5.41) is 15.9. The van der Waals surface area contributed by atoms with Crippen LogP contribution < -0.4 is 35.2 Å². The maximum Gasteiger partial charge on any atom is 0.573 e. The average Bonchev–Trinajstić information content (AvgIpc) is 1.65. The smallest absolute Gasteiger partial charge is 0.406 e. The number of aliphatic hydroxyl groups excluding tert-OH is 1. The Balaban J connectivity index is 0.000000149. The molecule has 19 rings (SSSR count). The molecule has 0 aliphatic carbocycles. The minimum Gasteiger partial charge on any atom is -0.406 e. The maximum absolute atomic E-state index is 13.1. The van der Waals surface area contributed by atoms with Crippen molar-refractivity contribution in [3.8, 4) is 11.5 Å². The van der Waals surface area contributed by atoms with E-state index >= 15 is 0 Å². The summed E-state index contributed by atoms with van der Waals surface area (Å²) in [7, 11) is 0. The molecule has 6 amide bonds. The Kier molecular flexibility index (Phi) is 37.6. The highest BCUT2D eigenvalue weighted by Crippen LogP contribution is 2.38. The molecule has 4 N–H and O–H groups in total. The van der Waals surface area contributed by atoms with Crippen LogP contribution in [0.1, 0.15) is 218 Å². The van der Waals surface area contributed by atoms with Crippen molar-refractivity contribution in [3.05, 3.63) is 394 Å². The highest BCUT2D eigenvalue weighted by molar-refractivity contribution is 9.10. The number of fused-ring (bicyclic) bond motifs is 4. The van der Waals surface area contributed by atoms with Gasteiger partial charge in [-0.25, -0.2) is 4.52 Å². The minimum atomic E-state index is -4.68. The van der Waals surface area contributed by atoms with Gasteiger partial charge in [0.2, 0.25) is 0 Å². The van der Waals surface area contributed by atoms with E-state index in [0.29, 0.717) is 107 Å². The lowest BCUT2D eigenvalue weighted by Gasteiger charge is -2.34. The van der Waals surface area contributed by atoms with Crippen molar-refractivity contribution in [2.24, 2.45) is 5.73 Å². The zero-order valence-corrected chi connectivity index (χ0v) is 83.0. The quantitative estimate of drug-likeness (QED) is 0.0290. The van der Waals surface area contributed by atoms with Crippen LogP contribution in [0.4, 0.5) is 43.4 Å². The number of Topliss-reactive ketones (excluding diaryl/α,β-unsaturated/α-hetero) is 1. The molecular formula is C113H114Br2ClF6N9O10. The fourth-order valence-electron chi connectivity index (χ4n) is 18.0. The Bertz CT molecular complexity index is 6270. The van der Waals surface area contributed by atoms with Crippen LogP contribution in [-0.2, 0) is 38.5 Å². The van der Waals surface area contributed by atoms with Crippen LogP contribution >= 0.6 is 43.5 Å². The van der Waals surface area contributed by atoms with Crippen LogP contribution in [0.15, 0.2) is 294 Å². The number of hydrogen-bond donors (Lipinski definition) is 3. The number of amides is 6. The molecular weight excluding hydrogens is 1950 g/mol. The fraction of sp³-hybridized carbons (Fsp3) is 0.292. The van der Waals surface area contributed by atoms with E-state index in [0.717, 1.165) is 139 Å². The monoisotopic (exact) mass is 2060 g/mol. The van der Waals surface area contributed by atoms with Crippen molar-refractivity contribution >= 4 is 107 Å². The molecule has 0 spiro atoms. The predicted molar refractivity (Wildman–Crippen MR) is 549 cm³/mol. The normalized spacial score (nSPS) is 14.6. The molecule has 141 heavy (non-hydrogen) atoms. The van der Waals surface area contributed by atoms with Gasteiger partial charge in [0.15, 0.2) is 5.78 Å². The van der Waals surface area contributed by atoms with Gasteiger partial charge in [-0.2, -0.15) is 5.10 Å². The van der Waals surface area contributed by atoms with Crippen LogP contribution in [0.3, 0.4) is 0 Å². The fourth-order valence-corrected chi connectivity index (χ4v) is 18.7. The second-order valence-corrected chi connectivity index (χ2v) is 37.0. The number of piperidine rings is 3. The summed E-state index contributed by atoms with van der Waals surface area (Å²) in [4.78, 5) is 94.3. The van der Waals surface area contributed by atoms with Crippen molar-refractivity contribution in [1.82, 2.24) is 24.7 Å². The molecule has 6 aliphatic rings. The number of alkyl halides is 6. The molecule has 2 aromatic heterocycles. The third-order valence-corrected chi connectivity index (χ3v) is 26.9. The number of benzene rings is 11. The number of carbonyl (C=O) groups excluding carboxylic acids is 7. The molecule has 734 valence electrons. The number of rotatable bonds is 24. The van der Waals surface area contributed by atoms with Gasteiger partial charge in [-0.3, -0.25) is 48.7 Å². The van der Waals surface area contributed by atoms with Crippen LogP contribution in [0.25, 0.3) is 5.52 Å².